The second kappa shape index (κ2) is 5.35. The summed E-state index contributed by atoms with van der Waals surface area (Å²) in [5, 5.41) is 3.01. The van der Waals surface area contributed by atoms with E-state index in [9.17, 15) is 9.59 Å². The highest BCUT2D eigenvalue weighted by molar-refractivity contribution is 5.94. The molecule has 0 bridgehead atoms. The van der Waals surface area contributed by atoms with Crippen molar-refractivity contribution in [2.75, 3.05) is 13.2 Å². The number of nitrogens with zero attached hydrogens (tertiary/aromatic N) is 1. The van der Waals surface area contributed by atoms with Crippen LogP contribution in [0.4, 0.5) is 0 Å². The predicted molar refractivity (Wildman–Crippen MR) is 74.1 cm³/mol. The molecular weight excluding hydrogens is 256 g/mol. The number of ether oxygens (including phenoxy) is 1. The van der Waals surface area contributed by atoms with Crippen LogP contribution in [-0.2, 0) is 14.3 Å². The summed E-state index contributed by atoms with van der Waals surface area (Å²) in [5.74, 6) is 0.184. The number of nitrogens with one attached hydrogen (secondary N) is 1. The predicted octanol–water partition coefficient (Wildman–Crippen LogP) is 1.22. The second-order valence-electron chi connectivity index (χ2n) is 6.29. The normalized spacial score (nSPS) is 33.0. The number of amides is 2. The number of carbonyl (C=O) groups is 2. The topological polar surface area (TPSA) is 58.6 Å². The molecule has 0 aromatic heterocycles. The van der Waals surface area contributed by atoms with Gasteiger partial charge in [0.15, 0.2) is 0 Å². The van der Waals surface area contributed by atoms with Crippen LogP contribution >= 0.6 is 0 Å². The molecule has 0 atom stereocenters. The lowest BCUT2D eigenvalue weighted by Gasteiger charge is -2.44. The molecule has 2 aliphatic carbocycles. The molecule has 1 saturated heterocycles. The van der Waals surface area contributed by atoms with Crippen LogP contribution in [0.2, 0.25) is 0 Å². The van der Waals surface area contributed by atoms with Crippen molar-refractivity contribution in [2.45, 2.75) is 69.6 Å². The monoisotopic (exact) mass is 280 g/mol. The van der Waals surface area contributed by atoms with E-state index in [1.54, 1.807) is 0 Å². The van der Waals surface area contributed by atoms with E-state index < -0.39 is 5.54 Å². The minimum absolute atomic E-state index is 0.0310. The van der Waals surface area contributed by atoms with E-state index in [4.69, 9.17) is 4.74 Å². The van der Waals surface area contributed by atoms with Crippen LogP contribution in [0.5, 0.6) is 0 Å². The fourth-order valence-electron chi connectivity index (χ4n) is 3.81. The maximum atomic E-state index is 12.9. The number of rotatable bonds is 3. The van der Waals surface area contributed by atoms with Crippen LogP contribution in [-0.4, -0.2) is 47.6 Å². The average molecular weight is 280 g/mol. The Hall–Kier alpha value is -1.10. The minimum Gasteiger partial charge on any atom is -0.378 e. The molecule has 0 aromatic carbocycles. The first-order valence-corrected chi connectivity index (χ1v) is 7.88. The van der Waals surface area contributed by atoms with Crippen LogP contribution in [0.3, 0.4) is 0 Å². The molecule has 20 heavy (non-hydrogen) atoms. The van der Waals surface area contributed by atoms with Gasteiger partial charge in [0.1, 0.15) is 5.54 Å². The maximum Gasteiger partial charge on any atom is 0.248 e. The molecule has 1 N–H and O–H groups in total. The van der Waals surface area contributed by atoms with Gasteiger partial charge >= 0.3 is 0 Å². The van der Waals surface area contributed by atoms with Gasteiger partial charge in [-0.3, -0.25) is 9.59 Å². The lowest BCUT2D eigenvalue weighted by molar-refractivity contribution is -0.145. The average Bonchev–Trinajstić information content (AvgIpc) is 2.80. The first-order valence-electron chi connectivity index (χ1n) is 7.88. The van der Waals surface area contributed by atoms with Crippen molar-refractivity contribution in [3.05, 3.63) is 0 Å². The van der Waals surface area contributed by atoms with E-state index in [0.29, 0.717) is 19.1 Å². The molecule has 3 rings (SSSR count). The Bertz CT molecular complexity index is 398. The zero-order valence-corrected chi connectivity index (χ0v) is 12.2. The smallest absolute Gasteiger partial charge is 0.248 e. The molecule has 2 amide bonds. The largest absolute Gasteiger partial charge is 0.378 e. The van der Waals surface area contributed by atoms with Crippen LogP contribution < -0.4 is 5.32 Å². The van der Waals surface area contributed by atoms with Gasteiger partial charge in [-0.25, -0.2) is 0 Å². The molecule has 1 heterocycles. The third-order valence-corrected chi connectivity index (χ3v) is 5.00. The lowest BCUT2D eigenvalue weighted by Crippen LogP contribution is -2.59. The van der Waals surface area contributed by atoms with Gasteiger partial charge in [-0.05, 0) is 32.6 Å². The standard InChI is InChI=1S/C15H24N2O3/c1-2-20-12-9-11(10-12)17-8-5-13(18)16-15(14(17)19)6-3-4-7-15/h11-12H,2-10H2,1H3,(H,16,18). The third-order valence-electron chi connectivity index (χ3n) is 5.00. The van der Waals surface area contributed by atoms with E-state index >= 15 is 0 Å². The first kappa shape index (κ1) is 13.9. The van der Waals surface area contributed by atoms with Gasteiger partial charge in [-0.2, -0.15) is 0 Å². The highest BCUT2D eigenvalue weighted by Gasteiger charge is 2.49. The Morgan fingerprint density at radius 3 is 2.65 bits per heavy atom. The SMILES string of the molecule is CCOC1CC(N2CCC(=O)NC3(CCCC3)C2=O)C1. The van der Waals surface area contributed by atoms with Gasteiger partial charge in [0.05, 0.1) is 6.10 Å². The van der Waals surface area contributed by atoms with Crippen LogP contribution in [0.25, 0.3) is 0 Å². The van der Waals surface area contributed by atoms with Gasteiger partial charge in [-0.1, -0.05) is 12.8 Å². The molecular formula is C15H24N2O3. The fraction of sp³-hybridized carbons (Fsp3) is 0.867. The van der Waals surface area contributed by atoms with Crippen molar-refractivity contribution in [2.24, 2.45) is 0 Å². The molecule has 1 aliphatic heterocycles. The summed E-state index contributed by atoms with van der Waals surface area (Å²) in [5.41, 5.74) is -0.593. The Kier molecular flexibility index (Phi) is 3.71. The molecule has 1 spiro atoms. The van der Waals surface area contributed by atoms with Gasteiger partial charge in [0.2, 0.25) is 11.8 Å². The van der Waals surface area contributed by atoms with E-state index in [2.05, 4.69) is 5.32 Å². The summed E-state index contributed by atoms with van der Waals surface area (Å²) in [6, 6.07) is 0.268. The minimum atomic E-state index is -0.593. The van der Waals surface area contributed by atoms with E-state index in [1.807, 2.05) is 11.8 Å². The van der Waals surface area contributed by atoms with Crippen molar-refractivity contribution < 1.29 is 14.3 Å². The van der Waals surface area contributed by atoms with E-state index in [-0.39, 0.29) is 17.9 Å². The van der Waals surface area contributed by atoms with Gasteiger partial charge in [0.25, 0.3) is 0 Å². The Morgan fingerprint density at radius 2 is 2.00 bits per heavy atom. The summed E-state index contributed by atoms with van der Waals surface area (Å²) in [6.07, 6.45) is 6.24. The quantitative estimate of drug-likeness (QED) is 0.845. The van der Waals surface area contributed by atoms with E-state index in [0.717, 1.165) is 45.1 Å². The molecule has 3 aliphatic rings. The molecule has 0 unspecified atom stereocenters. The molecule has 2 saturated carbocycles. The molecule has 0 aromatic rings. The first-order chi connectivity index (χ1) is 9.64. The summed E-state index contributed by atoms with van der Waals surface area (Å²) in [7, 11) is 0. The number of carbonyl (C=O) groups excluding carboxylic acids is 2. The van der Waals surface area contributed by atoms with E-state index in [1.165, 1.54) is 0 Å². The van der Waals surface area contributed by atoms with Crippen LogP contribution in [0.1, 0.15) is 51.9 Å². The zero-order valence-electron chi connectivity index (χ0n) is 12.2. The lowest BCUT2D eigenvalue weighted by atomic mass is 9.85. The number of hydrogen-bond donors (Lipinski definition) is 1. The summed E-state index contributed by atoms with van der Waals surface area (Å²) in [6.45, 7) is 3.30. The molecule has 112 valence electrons. The van der Waals surface area contributed by atoms with Crippen molar-refractivity contribution >= 4 is 11.8 Å². The molecule has 3 fully saturated rings. The molecule has 5 heteroatoms. The van der Waals surface area contributed by atoms with Crippen molar-refractivity contribution in [1.29, 1.82) is 0 Å². The van der Waals surface area contributed by atoms with Crippen molar-refractivity contribution in [3.63, 3.8) is 0 Å². The summed E-state index contributed by atoms with van der Waals surface area (Å²) < 4.78 is 5.58. The Labute approximate surface area is 120 Å². The molecule has 0 radical (unpaired) electrons. The Balaban J connectivity index is 1.71. The van der Waals surface area contributed by atoms with Gasteiger partial charge in [-0.15, -0.1) is 0 Å². The highest BCUT2D eigenvalue weighted by atomic mass is 16.5. The highest BCUT2D eigenvalue weighted by Crippen LogP contribution is 2.37. The zero-order chi connectivity index (χ0) is 14.2. The van der Waals surface area contributed by atoms with Gasteiger partial charge < -0.3 is 15.0 Å². The fourth-order valence-corrected chi connectivity index (χ4v) is 3.81. The van der Waals surface area contributed by atoms with Crippen molar-refractivity contribution in [3.8, 4) is 0 Å². The number of hydrogen-bond acceptors (Lipinski definition) is 3. The molecule has 5 nitrogen and oxygen atoms in total. The summed E-state index contributed by atoms with van der Waals surface area (Å²) in [4.78, 5) is 26.8. The van der Waals surface area contributed by atoms with Crippen molar-refractivity contribution in [1.82, 2.24) is 10.2 Å². The van der Waals surface area contributed by atoms with Crippen LogP contribution in [0, 0.1) is 0 Å². The third kappa shape index (κ3) is 2.32. The van der Waals surface area contributed by atoms with Gasteiger partial charge in [0, 0.05) is 25.6 Å². The summed E-state index contributed by atoms with van der Waals surface area (Å²) >= 11 is 0. The second-order valence-corrected chi connectivity index (χ2v) is 6.29. The Morgan fingerprint density at radius 1 is 1.30 bits per heavy atom. The van der Waals surface area contributed by atoms with Crippen LogP contribution in [0.15, 0.2) is 0 Å². The maximum absolute atomic E-state index is 12.9.